The number of nitrogens with one attached hydrogen (secondary N) is 2. The third kappa shape index (κ3) is 4.49. The normalized spacial score (nSPS) is 14.2. The third-order valence-corrected chi connectivity index (χ3v) is 5.38. The number of nitrogens with zero attached hydrogens (tertiary/aromatic N) is 1. The summed E-state index contributed by atoms with van der Waals surface area (Å²) in [5.41, 5.74) is 3.43. The summed E-state index contributed by atoms with van der Waals surface area (Å²) in [4.78, 5) is 4.40. The second kappa shape index (κ2) is 9.64. The van der Waals surface area contributed by atoms with Gasteiger partial charge < -0.3 is 25.2 Å². The van der Waals surface area contributed by atoms with Crippen LogP contribution in [0.1, 0.15) is 37.9 Å². The Morgan fingerprint density at radius 2 is 1.91 bits per heavy atom. The number of aromatic hydroxyl groups is 1. The Morgan fingerprint density at radius 3 is 2.69 bits per heavy atom. The number of hydrogen-bond donors (Lipinski definition) is 3. The zero-order valence-corrected chi connectivity index (χ0v) is 18.7. The summed E-state index contributed by atoms with van der Waals surface area (Å²) in [7, 11) is 0. The topological polar surface area (TPSA) is 75.6 Å². The van der Waals surface area contributed by atoms with Crippen LogP contribution >= 0.6 is 0 Å². The summed E-state index contributed by atoms with van der Waals surface area (Å²) in [6.07, 6.45) is 5.88. The van der Waals surface area contributed by atoms with Crippen molar-refractivity contribution in [1.29, 1.82) is 0 Å². The van der Waals surface area contributed by atoms with Crippen molar-refractivity contribution in [3.05, 3.63) is 83.3 Å². The number of benzene rings is 2. The molecule has 0 aliphatic carbocycles. The molecule has 0 radical (unpaired) electrons. The van der Waals surface area contributed by atoms with Crippen LogP contribution in [0.5, 0.6) is 17.2 Å². The molecular formula is C26H29N3O3. The highest BCUT2D eigenvalue weighted by atomic mass is 16.5. The van der Waals surface area contributed by atoms with E-state index >= 15 is 0 Å². The van der Waals surface area contributed by atoms with Crippen LogP contribution in [0.2, 0.25) is 0 Å². The smallest absolute Gasteiger partial charge is 0.161 e. The van der Waals surface area contributed by atoms with E-state index in [9.17, 15) is 5.11 Å². The van der Waals surface area contributed by atoms with Gasteiger partial charge >= 0.3 is 0 Å². The molecule has 6 heteroatoms. The van der Waals surface area contributed by atoms with Gasteiger partial charge in [0, 0.05) is 23.7 Å². The molecule has 1 aliphatic heterocycles. The van der Waals surface area contributed by atoms with E-state index in [0.717, 1.165) is 28.9 Å². The number of phenolic OH excluding ortho intramolecular Hbond substituents is 1. The molecule has 0 fully saturated rings. The van der Waals surface area contributed by atoms with E-state index in [1.54, 1.807) is 6.20 Å². The lowest BCUT2D eigenvalue weighted by Crippen LogP contribution is -2.32. The van der Waals surface area contributed by atoms with Gasteiger partial charge in [-0.1, -0.05) is 30.3 Å². The first-order valence-electron chi connectivity index (χ1n) is 11.0. The first kappa shape index (κ1) is 21.6. The monoisotopic (exact) mass is 431 g/mol. The number of aromatic nitrogens is 1. The number of rotatable bonds is 8. The Morgan fingerprint density at radius 1 is 1.09 bits per heavy atom. The van der Waals surface area contributed by atoms with Crippen LogP contribution in [0.4, 0.5) is 0 Å². The number of ether oxygens (including phenoxy) is 2. The van der Waals surface area contributed by atoms with E-state index in [2.05, 4.69) is 34.7 Å². The van der Waals surface area contributed by atoms with Crippen molar-refractivity contribution >= 4 is 10.9 Å². The lowest BCUT2D eigenvalue weighted by atomic mass is 9.95. The number of pyridine rings is 1. The number of hydrogen-bond acceptors (Lipinski definition) is 6. The Bertz CT molecular complexity index is 1170. The van der Waals surface area contributed by atoms with Gasteiger partial charge in [-0.25, -0.2) is 0 Å². The fraction of sp³-hybridized carbons (Fsp3) is 0.269. The van der Waals surface area contributed by atoms with E-state index in [-0.39, 0.29) is 11.8 Å². The van der Waals surface area contributed by atoms with Crippen LogP contribution in [-0.2, 0) is 0 Å². The number of fused-ring (bicyclic) bond motifs is 1. The minimum atomic E-state index is -0.332. The van der Waals surface area contributed by atoms with Crippen molar-refractivity contribution in [3.8, 4) is 17.2 Å². The molecule has 166 valence electrons. The van der Waals surface area contributed by atoms with Gasteiger partial charge in [0.15, 0.2) is 11.5 Å². The van der Waals surface area contributed by atoms with Crippen molar-refractivity contribution in [2.75, 3.05) is 19.8 Å². The van der Waals surface area contributed by atoms with Crippen molar-refractivity contribution in [2.24, 2.45) is 0 Å². The Balaban J connectivity index is 1.82. The Labute approximate surface area is 188 Å². The molecule has 1 atom stereocenters. The minimum Gasteiger partial charge on any atom is -0.505 e. The molecule has 0 amide bonds. The minimum absolute atomic E-state index is 0.163. The standard InChI is InChI=1S/C26H29N3O3/c1-4-31-21-11-9-19(16-22(21)32-5-2)24(29-23-15-17(3)12-14-27-23)20-10-8-18-7-6-13-28-25(18)26(20)30/h6-13,15-16,24,27,29-30H,4-5,14H2,1-3H3. The highest BCUT2D eigenvalue weighted by Gasteiger charge is 2.23. The molecule has 0 saturated heterocycles. The van der Waals surface area contributed by atoms with Crippen LogP contribution in [-0.4, -0.2) is 29.8 Å². The molecule has 1 aliphatic rings. The summed E-state index contributed by atoms with van der Waals surface area (Å²) in [5, 5.41) is 19.0. The lowest BCUT2D eigenvalue weighted by molar-refractivity contribution is 0.287. The molecular weight excluding hydrogens is 402 g/mol. The molecule has 0 spiro atoms. The average molecular weight is 432 g/mol. The van der Waals surface area contributed by atoms with E-state index in [4.69, 9.17) is 9.47 Å². The highest BCUT2D eigenvalue weighted by molar-refractivity contribution is 5.85. The maximum absolute atomic E-state index is 11.2. The van der Waals surface area contributed by atoms with Crippen LogP contribution in [0.15, 0.2) is 72.2 Å². The second-order valence-corrected chi connectivity index (χ2v) is 7.62. The van der Waals surface area contributed by atoms with E-state index in [0.29, 0.717) is 30.2 Å². The molecule has 4 rings (SSSR count). The van der Waals surface area contributed by atoms with Crippen molar-refractivity contribution < 1.29 is 14.6 Å². The molecule has 32 heavy (non-hydrogen) atoms. The van der Waals surface area contributed by atoms with Crippen LogP contribution in [0.3, 0.4) is 0 Å². The summed E-state index contributed by atoms with van der Waals surface area (Å²) in [5.74, 6) is 2.44. The van der Waals surface area contributed by atoms with Crippen LogP contribution < -0.4 is 20.1 Å². The molecule has 6 nitrogen and oxygen atoms in total. The summed E-state index contributed by atoms with van der Waals surface area (Å²) in [6.45, 7) is 7.80. The molecule has 2 heterocycles. The fourth-order valence-corrected chi connectivity index (χ4v) is 3.87. The molecule has 0 bridgehead atoms. The molecule has 1 unspecified atom stereocenters. The zero-order valence-electron chi connectivity index (χ0n) is 18.7. The van der Waals surface area contributed by atoms with Gasteiger partial charge in [0.2, 0.25) is 0 Å². The molecule has 3 N–H and O–H groups in total. The van der Waals surface area contributed by atoms with Gasteiger partial charge in [-0.2, -0.15) is 0 Å². The van der Waals surface area contributed by atoms with E-state index in [1.807, 2.05) is 56.3 Å². The summed E-state index contributed by atoms with van der Waals surface area (Å²) in [6, 6.07) is 13.3. The first-order valence-corrected chi connectivity index (χ1v) is 11.0. The molecule has 0 saturated carbocycles. The Kier molecular flexibility index (Phi) is 6.50. The molecule has 3 aromatic rings. The number of dihydropyridines is 1. The lowest BCUT2D eigenvalue weighted by Gasteiger charge is -2.26. The quantitative estimate of drug-likeness (QED) is 0.475. The summed E-state index contributed by atoms with van der Waals surface area (Å²) < 4.78 is 11.6. The molecule has 2 aromatic carbocycles. The van der Waals surface area contributed by atoms with E-state index in [1.165, 1.54) is 5.57 Å². The number of allylic oxidation sites excluding steroid dienone is 2. The third-order valence-electron chi connectivity index (χ3n) is 5.38. The van der Waals surface area contributed by atoms with Gasteiger partial charge in [-0.05, 0) is 56.2 Å². The van der Waals surface area contributed by atoms with Gasteiger partial charge in [-0.15, -0.1) is 0 Å². The van der Waals surface area contributed by atoms with Crippen molar-refractivity contribution in [3.63, 3.8) is 0 Å². The van der Waals surface area contributed by atoms with Gasteiger partial charge in [0.25, 0.3) is 0 Å². The molecule has 1 aromatic heterocycles. The summed E-state index contributed by atoms with van der Waals surface area (Å²) >= 11 is 0. The SMILES string of the molecule is CCOc1ccc(C(NC2=CC(C)=CCN2)c2ccc3cccnc3c2O)cc1OCC. The zero-order chi connectivity index (χ0) is 22.5. The predicted octanol–water partition coefficient (Wildman–Crippen LogP) is 4.81. The van der Waals surface area contributed by atoms with E-state index < -0.39 is 0 Å². The Hall–Kier alpha value is -3.67. The maximum atomic E-state index is 11.2. The predicted molar refractivity (Wildman–Crippen MR) is 127 cm³/mol. The number of phenols is 1. The van der Waals surface area contributed by atoms with Crippen molar-refractivity contribution in [2.45, 2.75) is 26.8 Å². The van der Waals surface area contributed by atoms with Gasteiger partial charge in [0.1, 0.15) is 11.3 Å². The second-order valence-electron chi connectivity index (χ2n) is 7.62. The average Bonchev–Trinajstić information content (AvgIpc) is 2.80. The maximum Gasteiger partial charge on any atom is 0.161 e. The van der Waals surface area contributed by atoms with Crippen LogP contribution in [0.25, 0.3) is 10.9 Å². The largest absolute Gasteiger partial charge is 0.505 e. The highest BCUT2D eigenvalue weighted by Crippen LogP contribution is 2.38. The fourth-order valence-electron chi connectivity index (χ4n) is 3.87. The van der Waals surface area contributed by atoms with Crippen molar-refractivity contribution in [1.82, 2.24) is 15.6 Å². The first-order chi connectivity index (χ1) is 15.6. The van der Waals surface area contributed by atoms with Gasteiger partial charge in [0.05, 0.1) is 25.1 Å². The van der Waals surface area contributed by atoms with Crippen LogP contribution in [0, 0.1) is 0 Å². The van der Waals surface area contributed by atoms with Gasteiger partial charge in [-0.3, -0.25) is 4.98 Å².